The van der Waals surface area contributed by atoms with E-state index >= 15 is 0 Å². The van der Waals surface area contributed by atoms with Crippen LogP contribution in [0.25, 0.3) is 10.1 Å². The molecule has 1 heterocycles. The Morgan fingerprint density at radius 3 is 2.86 bits per heavy atom. The zero-order valence-electron chi connectivity index (χ0n) is 13.0. The van der Waals surface area contributed by atoms with Crippen LogP contribution in [-0.2, 0) is 9.53 Å². The summed E-state index contributed by atoms with van der Waals surface area (Å²) in [6, 6.07) is 9.98. The number of rotatable bonds is 8. The maximum atomic E-state index is 11.7. The number of amides is 1. The summed E-state index contributed by atoms with van der Waals surface area (Å²) in [7, 11) is 0. The highest BCUT2D eigenvalue weighted by Gasteiger charge is 2.12. The molecule has 0 saturated heterocycles. The standard InChI is InChI=1S/C17H23NO3S/c1-12(2)11-21-8-7-17(20)18-10-14(19)16-9-13-5-3-4-6-15(13)22-16/h3-6,9,12,14,19H,7-8,10-11H2,1-2H3,(H,18,20). The van der Waals surface area contributed by atoms with E-state index in [1.54, 1.807) is 11.3 Å². The van der Waals surface area contributed by atoms with Crippen molar-refractivity contribution in [3.8, 4) is 0 Å². The summed E-state index contributed by atoms with van der Waals surface area (Å²) in [5.41, 5.74) is 0. The van der Waals surface area contributed by atoms with Crippen LogP contribution in [0, 0.1) is 5.92 Å². The number of hydrogen-bond donors (Lipinski definition) is 2. The Labute approximate surface area is 135 Å². The van der Waals surface area contributed by atoms with E-state index in [0.29, 0.717) is 25.6 Å². The number of hydrogen-bond acceptors (Lipinski definition) is 4. The molecule has 0 saturated carbocycles. The molecule has 1 atom stereocenters. The van der Waals surface area contributed by atoms with Gasteiger partial charge >= 0.3 is 0 Å². The SMILES string of the molecule is CC(C)COCCC(=O)NCC(O)c1cc2ccccc2s1. The first-order valence-electron chi connectivity index (χ1n) is 7.57. The van der Waals surface area contributed by atoms with E-state index in [-0.39, 0.29) is 12.5 Å². The molecule has 0 bridgehead atoms. The summed E-state index contributed by atoms with van der Waals surface area (Å²) in [6.07, 6.45) is -0.343. The molecule has 0 radical (unpaired) electrons. The summed E-state index contributed by atoms with van der Waals surface area (Å²) in [5.74, 6) is 0.377. The third-order valence-corrected chi connectivity index (χ3v) is 4.41. The number of aliphatic hydroxyl groups is 1. The lowest BCUT2D eigenvalue weighted by Crippen LogP contribution is -2.29. The quantitative estimate of drug-likeness (QED) is 0.735. The van der Waals surface area contributed by atoms with Crippen LogP contribution in [0.4, 0.5) is 0 Å². The maximum absolute atomic E-state index is 11.7. The molecule has 0 aliphatic carbocycles. The molecule has 0 spiro atoms. The number of thiophene rings is 1. The van der Waals surface area contributed by atoms with Crippen molar-refractivity contribution < 1.29 is 14.6 Å². The maximum Gasteiger partial charge on any atom is 0.222 e. The van der Waals surface area contributed by atoms with Gasteiger partial charge in [-0.25, -0.2) is 0 Å². The molecule has 2 aromatic rings. The lowest BCUT2D eigenvalue weighted by atomic mass is 10.2. The minimum Gasteiger partial charge on any atom is -0.386 e. The van der Waals surface area contributed by atoms with Gasteiger partial charge in [-0.15, -0.1) is 11.3 Å². The van der Waals surface area contributed by atoms with Crippen molar-refractivity contribution in [2.45, 2.75) is 26.4 Å². The molecule has 22 heavy (non-hydrogen) atoms. The number of aliphatic hydroxyl groups excluding tert-OH is 1. The van der Waals surface area contributed by atoms with E-state index in [1.165, 1.54) is 0 Å². The first-order valence-corrected chi connectivity index (χ1v) is 8.39. The number of benzene rings is 1. The van der Waals surface area contributed by atoms with Crippen molar-refractivity contribution in [3.05, 3.63) is 35.2 Å². The van der Waals surface area contributed by atoms with Gasteiger partial charge in [-0.2, -0.15) is 0 Å². The van der Waals surface area contributed by atoms with Gasteiger partial charge < -0.3 is 15.2 Å². The molecule has 120 valence electrons. The molecule has 2 rings (SSSR count). The van der Waals surface area contributed by atoms with Crippen LogP contribution < -0.4 is 5.32 Å². The Kier molecular flexibility index (Phi) is 6.36. The highest BCUT2D eigenvalue weighted by atomic mass is 32.1. The van der Waals surface area contributed by atoms with Gasteiger partial charge in [0.05, 0.1) is 6.61 Å². The summed E-state index contributed by atoms with van der Waals surface area (Å²) in [5, 5.41) is 14.1. The fourth-order valence-electron chi connectivity index (χ4n) is 2.05. The van der Waals surface area contributed by atoms with Crippen molar-refractivity contribution in [1.29, 1.82) is 0 Å². The second-order valence-corrected chi connectivity index (χ2v) is 6.84. The Morgan fingerprint density at radius 1 is 1.36 bits per heavy atom. The van der Waals surface area contributed by atoms with Gasteiger partial charge in [-0.1, -0.05) is 32.0 Å². The molecular formula is C17H23NO3S. The van der Waals surface area contributed by atoms with Gasteiger partial charge in [-0.3, -0.25) is 4.79 Å². The number of carbonyl (C=O) groups is 1. The average molecular weight is 321 g/mol. The third-order valence-electron chi connectivity index (χ3n) is 3.19. The lowest BCUT2D eigenvalue weighted by Gasteiger charge is -2.11. The van der Waals surface area contributed by atoms with Gasteiger partial charge in [0.15, 0.2) is 0 Å². The molecule has 4 nitrogen and oxygen atoms in total. The minimum absolute atomic E-state index is 0.0936. The largest absolute Gasteiger partial charge is 0.386 e. The second kappa shape index (κ2) is 8.27. The molecule has 1 aromatic heterocycles. The van der Waals surface area contributed by atoms with Gasteiger partial charge in [-0.05, 0) is 23.4 Å². The fourth-order valence-corrected chi connectivity index (χ4v) is 3.10. The van der Waals surface area contributed by atoms with Crippen LogP contribution in [0.5, 0.6) is 0 Å². The van der Waals surface area contributed by atoms with Crippen LogP contribution in [0.2, 0.25) is 0 Å². The van der Waals surface area contributed by atoms with E-state index in [4.69, 9.17) is 4.74 Å². The Balaban J connectivity index is 1.75. The Hall–Kier alpha value is -1.43. The number of ether oxygens (including phenoxy) is 1. The number of nitrogens with one attached hydrogen (secondary N) is 1. The predicted molar refractivity (Wildman–Crippen MR) is 90.1 cm³/mol. The summed E-state index contributed by atoms with van der Waals surface area (Å²) >= 11 is 1.56. The second-order valence-electron chi connectivity index (χ2n) is 5.73. The number of fused-ring (bicyclic) bond motifs is 1. The molecule has 2 N–H and O–H groups in total. The number of carbonyl (C=O) groups excluding carboxylic acids is 1. The van der Waals surface area contributed by atoms with E-state index in [2.05, 4.69) is 19.2 Å². The molecule has 0 aliphatic heterocycles. The third kappa shape index (κ3) is 5.09. The van der Waals surface area contributed by atoms with Crippen LogP contribution in [-0.4, -0.2) is 30.8 Å². The predicted octanol–water partition coefficient (Wildman–Crippen LogP) is 3.11. The fraction of sp³-hybridized carbons (Fsp3) is 0.471. The molecule has 1 amide bonds. The molecular weight excluding hydrogens is 298 g/mol. The molecule has 0 fully saturated rings. The van der Waals surface area contributed by atoms with E-state index in [0.717, 1.165) is 15.0 Å². The van der Waals surface area contributed by atoms with Gasteiger partial charge in [0.1, 0.15) is 6.10 Å². The Bertz CT molecular complexity index is 576. The summed E-state index contributed by atoms with van der Waals surface area (Å²) in [6.45, 7) is 5.46. The van der Waals surface area contributed by atoms with Gasteiger partial charge in [0.2, 0.25) is 5.91 Å². The van der Waals surface area contributed by atoms with Crippen LogP contribution >= 0.6 is 11.3 Å². The van der Waals surface area contributed by atoms with E-state index < -0.39 is 6.10 Å². The lowest BCUT2D eigenvalue weighted by molar-refractivity contribution is -0.122. The first-order chi connectivity index (χ1) is 10.6. The van der Waals surface area contributed by atoms with Crippen molar-refractivity contribution in [3.63, 3.8) is 0 Å². The van der Waals surface area contributed by atoms with Crippen LogP contribution in [0.3, 0.4) is 0 Å². The van der Waals surface area contributed by atoms with Crippen LogP contribution in [0.1, 0.15) is 31.2 Å². The highest BCUT2D eigenvalue weighted by molar-refractivity contribution is 7.19. The highest BCUT2D eigenvalue weighted by Crippen LogP contribution is 2.29. The monoisotopic (exact) mass is 321 g/mol. The van der Waals surface area contributed by atoms with E-state index in [1.807, 2.05) is 30.3 Å². The summed E-state index contributed by atoms with van der Waals surface area (Å²) < 4.78 is 6.52. The van der Waals surface area contributed by atoms with E-state index in [9.17, 15) is 9.90 Å². The van der Waals surface area contributed by atoms with Crippen molar-refractivity contribution in [2.24, 2.45) is 5.92 Å². The topological polar surface area (TPSA) is 58.6 Å². The van der Waals surface area contributed by atoms with Crippen molar-refractivity contribution in [2.75, 3.05) is 19.8 Å². The average Bonchev–Trinajstić information content (AvgIpc) is 2.93. The minimum atomic E-state index is -0.669. The molecule has 0 aliphatic rings. The molecule has 1 aromatic carbocycles. The normalized spacial score (nSPS) is 12.7. The Morgan fingerprint density at radius 2 is 2.14 bits per heavy atom. The summed E-state index contributed by atoms with van der Waals surface area (Å²) in [4.78, 5) is 12.6. The van der Waals surface area contributed by atoms with Crippen LogP contribution in [0.15, 0.2) is 30.3 Å². The van der Waals surface area contributed by atoms with Gasteiger partial charge in [0.25, 0.3) is 0 Å². The zero-order chi connectivity index (χ0) is 15.9. The van der Waals surface area contributed by atoms with Crippen molar-refractivity contribution in [1.82, 2.24) is 5.32 Å². The smallest absolute Gasteiger partial charge is 0.222 e. The van der Waals surface area contributed by atoms with Crippen molar-refractivity contribution >= 4 is 27.3 Å². The van der Waals surface area contributed by atoms with Gasteiger partial charge in [0, 0.05) is 29.1 Å². The molecule has 5 heteroatoms. The molecule has 1 unspecified atom stereocenters. The first kappa shape index (κ1) is 16.9. The zero-order valence-corrected chi connectivity index (χ0v) is 13.9.